The lowest BCUT2D eigenvalue weighted by molar-refractivity contribution is -0.208. The second-order valence-electron chi connectivity index (χ2n) is 5.17. The number of aliphatic carboxylic acids is 1. The summed E-state index contributed by atoms with van der Waals surface area (Å²) in [5, 5.41) is 56.9. The zero-order valence-electron chi connectivity index (χ0n) is 13.5. The number of carbonyl (C=O) groups is 1. The third-order valence-electron chi connectivity index (χ3n) is 3.26. The van der Waals surface area contributed by atoms with Crippen molar-refractivity contribution in [2.75, 3.05) is 13.6 Å². The predicted molar refractivity (Wildman–Crippen MR) is 88.9 cm³/mol. The molecule has 0 saturated carbocycles. The molecule has 0 aliphatic carbocycles. The van der Waals surface area contributed by atoms with Gasteiger partial charge in [0.1, 0.15) is 0 Å². The Hall–Kier alpha value is -2.65. The van der Waals surface area contributed by atoms with Crippen molar-refractivity contribution in [3.05, 3.63) is 59.7 Å². The van der Waals surface area contributed by atoms with Gasteiger partial charge in [0.2, 0.25) is 0 Å². The van der Waals surface area contributed by atoms with Crippen LogP contribution in [-0.2, 0) is 10.6 Å². The molecule has 2 rings (SSSR count). The quantitative estimate of drug-likeness (QED) is 0.299. The number of likely N-dealkylation sites (N-methyl/N-ethyl adjacent to an activating group) is 1. The summed E-state index contributed by atoms with van der Waals surface area (Å²) < 4.78 is 0. The first kappa shape index (κ1) is 20.4. The molecule has 0 aliphatic rings. The minimum Gasteiger partial charge on any atom is -0.504 e. The molecule has 8 nitrogen and oxygen atoms in total. The van der Waals surface area contributed by atoms with Crippen LogP contribution in [0.1, 0.15) is 17.2 Å². The van der Waals surface area contributed by atoms with Crippen LogP contribution in [-0.4, -0.2) is 50.2 Å². The molecule has 136 valence electrons. The summed E-state index contributed by atoms with van der Waals surface area (Å²) in [4.78, 5) is 10.3. The molecule has 0 aliphatic heterocycles. The van der Waals surface area contributed by atoms with E-state index in [9.17, 15) is 9.90 Å². The maximum Gasteiger partial charge on any atom is 0.369 e. The van der Waals surface area contributed by atoms with Gasteiger partial charge in [-0.1, -0.05) is 36.4 Å². The number of phenols is 2. The lowest BCUT2D eigenvalue weighted by Crippen LogP contribution is -2.34. The SMILES string of the molecule is CNC[C@H](O)c1ccc(O)c(O)c1.O=C(O)C(O)(O)c1ccccc1. The zero-order valence-corrected chi connectivity index (χ0v) is 13.5. The molecular formula is C17H21NO7. The molecule has 7 N–H and O–H groups in total. The number of aliphatic hydroxyl groups excluding tert-OH is 1. The lowest BCUT2D eigenvalue weighted by Gasteiger charge is -2.15. The fourth-order valence-corrected chi connectivity index (χ4v) is 1.85. The van der Waals surface area contributed by atoms with Gasteiger partial charge >= 0.3 is 5.97 Å². The molecule has 2 aromatic rings. The van der Waals surface area contributed by atoms with Gasteiger partial charge in [0, 0.05) is 12.1 Å². The Kier molecular flexibility index (Phi) is 7.34. The highest BCUT2D eigenvalue weighted by atomic mass is 16.5. The van der Waals surface area contributed by atoms with Crippen LogP contribution in [0.25, 0.3) is 0 Å². The van der Waals surface area contributed by atoms with Gasteiger partial charge in [-0.3, -0.25) is 0 Å². The van der Waals surface area contributed by atoms with E-state index in [-0.39, 0.29) is 17.1 Å². The molecule has 25 heavy (non-hydrogen) atoms. The fourth-order valence-electron chi connectivity index (χ4n) is 1.85. The number of hydrogen-bond acceptors (Lipinski definition) is 7. The molecule has 8 heteroatoms. The molecule has 1 atom stereocenters. The van der Waals surface area contributed by atoms with E-state index in [1.54, 1.807) is 19.2 Å². The molecule has 0 bridgehead atoms. The third kappa shape index (κ3) is 5.73. The summed E-state index contributed by atoms with van der Waals surface area (Å²) in [7, 11) is 1.73. The van der Waals surface area contributed by atoms with E-state index in [1.165, 1.54) is 36.4 Å². The Labute approximate surface area is 144 Å². The van der Waals surface area contributed by atoms with Gasteiger partial charge < -0.3 is 36.0 Å². The highest BCUT2D eigenvalue weighted by Crippen LogP contribution is 2.27. The van der Waals surface area contributed by atoms with Gasteiger partial charge in [-0.05, 0) is 24.7 Å². The van der Waals surface area contributed by atoms with Crippen molar-refractivity contribution >= 4 is 5.97 Å². The molecular weight excluding hydrogens is 330 g/mol. The number of nitrogens with one attached hydrogen (secondary N) is 1. The van der Waals surface area contributed by atoms with Crippen molar-refractivity contribution in [3.63, 3.8) is 0 Å². The average Bonchev–Trinajstić information content (AvgIpc) is 2.58. The molecule has 0 aromatic heterocycles. The molecule has 2 aromatic carbocycles. The first-order chi connectivity index (χ1) is 11.7. The lowest BCUT2D eigenvalue weighted by atomic mass is 10.1. The maximum absolute atomic E-state index is 10.3. The number of phenolic OH excluding ortho intramolecular Hbond substituents is 2. The van der Waals surface area contributed by atoms with Crippen LogP contribution in [0, 0.1) is 0 Å². The Bertz CT molecular complexity index is 689. The average molecular weight is 351 g/mol. The molecule has 0 unspecified atom stereocenters. The van der Waals surface area contributed by atoms with E-state index < -0.39 is 17.9 Å². The van der Waals surface area contributed by atoms with E-state index >= 15 is 0 Å². The van der Waals surface area contributed by atoms with Crippen molar-refractivity contribution in [1.29, 1.82) is 0 Å². The van der Waals surface area contributed by atoms with Gasteiger partial charge in [0.25, 0.3) is 5.79 Å². The molecule has 0 radical (unpaired) electrons. The van der Waals surface area contributed by atoms with Crippen LogP contribution in [0.4, 0.5) is 0 Å². The van der Waals surface area contributed by atoms with Gasteiger partial charge in [-0.2, -0.15) is 0 Å². The van der Waals surface area contributed by atoms with E-state index in [2.05, 4.69) is 5.32 Å². The number of carboxylic acid groups (broad SMARTS) is 1. The summed E-state index contributed by atoms with van der Waals surface area (Å²) in [6, 6.07) is 11.6. The third-order valence-corrected chi connectivity index (χ3v) is 3.26. The van der Waals surface area contributed by atoms with E-state index in [1.807, 2.05) is 0 Å². The second kappa shape index (κ2) is 9.00. The summed E-state index contributed by atoms with van der Waals surface area (Å²) in [5.41, 5.74) is 0.516. The normalized spacial score (nSPS) is 12.0. The van der Waals surface area contributed by atoms with Crippen molar-refractivity contribution in [1.82, 2.24) is 5.32 Å². The Balaban J connectivity index is 0.000000251. The number of aliphatic hydroxyl groups is 3. The van der Waals surface area contributed by atoms with E-state index in [0.717, 1.165) is 0 Å². The predicted octanol–water partition coefficient (Wildman–Crippen LogP) is 0.259. The smallest absolute Gasteiger partial charge is 0.369 e. The second-order valence-corrected chi connectivity index (χ2v) is 5.17. The van der Waals surface area contributed by atoms with Crippen LogP contribution in [0.15, 0.2) is 48.5 Å². The monoisotopic (exact) mass is 351 g/mol. The van der Waals surface area contributed by atoms with Crippen LogP contribution in [0.3, 0.4) is 0 Å². The van der Waals surface area contributed by atoms with Crippen molar-refractivity contribution in [3.8, 4) is 11.5 Å². The number of benzene rings is 2. The Morgan fingerprint density at radius 1 is 1.08 bits per heavy atom. The highest BCUT2D eigenvalue weighted by Gasteiger charge is 2.34. The highest BCUT2D eigenvalue weighted by molar-refractivity contribution is 5.76. The van der Waals surface area contributed by atoms with Crippen LogP contribution < -0.4 is 5.32 Å². The van der Waals surface area contributed by atoms with Gasteiger partial charge in [-0.15, -0.1) is 0 Å². The maximum atomic E-state index is 10.3. The summed E-state index contributed by atoms with van der Waals surface area (Å²) in [6.45, 7) is 0.407. The molecule has 0 amide bonds. The Morgan fingerprint density at radius 2 is 1.68 bits per heavy atom. The van der Waals surface area contributed by atoms with Crippen molar-refractivity contribution < 1.29 is 35.4 Å². The largest absolute Gasteiger partial charge is 0.504 e. The number of rotatable bonds is 5. The minimum absolute atomic E-state index is 0.0579. The molecule has 0 saturated heterocycles. The van der Waals surface area contributed by atoms with Crippen molar-refractivity contribution in [2.24, 2.45) is 0 Å². The van der Waals surface area contributed by atoms with E-state index in [4.69, 9.17) is 25.5 Å². The zero-order chi connectivity index (χ0) is 19.0. The van der Waals surface area contributed by atoms with Gasteiger partial charge in [0.05, 0.1) is 6.10 Å². The summed E-state index contributed by atoms with van der Waals surface area (Å²) in [6.07, 6.45) is -0.670. The number of carboxylic acids is 1. The Morgan fingerprint density at radius 3 is 2.16 bits per heavy atom. The summed E-state index contributed by atoms with van der Waals surface area (Å²) >= 11 is 0. The van der Waals surface area contributed by atoms with Crippen molar-refractivity contribution in [2.45, 2.75) is 11.9 Å². The molecule has 0 heterocycles. The molecule has 0 spiro atoms. The topological polar surface area (TPSA) is 150 Å². The van der Waals surface area contributed by atoms with E-state index in [0.29, 0.717) is 12.1 Å². The number of aromatic hydroxyl groups is 2. The van der Waals surface area contributed by atoms with Gasteiger partial charge in [0.15, 0.2) is 11.5 Å². The first-order valence-electron chi connectivity index (χ1n) is 7.28. The van der Waals surface area contributed by atoms with Gasteiger partial charge in [-0.25, -0.2) is 4.79 Å². The van der Waals surface area contributed by atoms with Crippen LogP contribution >= 0.6 is 0 Å². The molecule has 0 fully saturated rings. The first-order valence-corrected chi connectivity index (χ1v) is 7.28. The fraction of sp³-hybridized carbons (Fsp3) is 0.235. The number of hydrogen-bond donors (Lipinski definition) is 7. The summed E-state index contributed by atoms with van der Waals surface area (Å²) in [5.74, 6) is -4.87. The van der Waals surface area contributed by atoms with Crippen LogP contribution in [0.2, 0.25) is 0 Å². The standard InChI is InChI=1S/C9H13NO3.C8H8O4/c1-10-5-9(13)6-2-3-7(11)8(12)4-6;9-7(10)8(11,12)6-4-2-1-3-5-6/h2-4,9-13H,5H2,1H3;1-5,11-12H,(H,9,10)/t9-;/m0./s1. The minimum atomic E-state index is -2.79. The van der Waals surface area contributed by atoms with Crippen LogP contribution in [0.5, 0.6) is 11.5 Å².